The Kier molecular flexibility index (Phi) is 7.39. The molecule has 0 saturated heterocycles. The smallest absolute Gasteiger partial charge is 0.136 e. The van der Waals surface area contributed by atoms with Crippen LogP contribution in [0.2, 0.25) is 0 Å². The molecule has 0 radical (unpaired) electrons. The van der Waals surface area contributed by atoms with Crippen molar-refractivity contribution in [3.05, 3.63) is 200 Å². The van der Waals surface area contributed by atoms with Crippen LogP contribution < -0.4 is 4.90 Å². The van der Waals surface area contributed by atoms with Gasteiger partial charge in [-0.15, -0.1) is 11.3 Å². The van der Waals surface area contributed by atoms with Gasteiger partial charge < -0.3 is 9.32 Å². The Balaban J connectivity index is 1.01. The lowest BCUT2D eigenvalue weighted by Crippen LogP contribution is -2.09. The van der Waals surface area contributed by atoms with E-state index in [1.807, 2.05) is 23.5 Å². The van der Waals surface area contributed by atoms with Gasteiger partial charge in [-0.3, -0.25) is 0 Å². The highest BCUT2D eigenvalue weighted by Crippen LogP contribution is 2.43. The molecule has 0 unspecified atom stereocenters. The lowest BCUT2D eigenvalue weighted by Gasteiger charge is -2.26. The Labute approximate surface area is 322 Å². The van der Waals surface area contributed by atoms with Gasteiger partial charge in [-0.1, -0.05) is 140 Å². The van der Waals surface area contributed by atoms with Crippen LogP contribution in [0.15, 0.2) is 205 Å². The Morgan fingerprint density at radius 3 is 1.60 bits per heavy atom. The van der Waals surface area contributed by atoms with E-state index in [9.17, 15) is 0 Å². The Morgan fingerprint density at radius 1 is 0.309 bits per heavy atom. The molecule has 3 heteroatoms. The molecule has 0 atom stereocenters. The Morgan fingerprint density at radius 2 is 0.855 bits per heavy atom. The molecule has 0 bridgehead atoms. The number of rotatable bonds is 6. The first-order valence-electron chi connectivity index (χ1n) is 18.7. The maximum Gasteiger partial charge on any atom is 0.136 e. The predicted molar refractivity (Wildman–Crippen MR) is 235 cm³/mol. The van der Waals surface area contributed by atoms with E-state index in [0.29, 0.717) is 0 Å². The molecule has 0 aliphatic carbocycles. The van der Waals surface area contributed by atoms with Crippen LogP contribution in [0.4, 0.5) is 17.1 Å². The lowest BCUT2D eigenvalue weighted by molar-refractivity contribution is 0.669. The van der Waals surface area contributed by atoms with Gasteiger partial charge in [-0.25, -0.2) is 0 Å². The highest BCUT2D eigenvalue weighted by molar-refractivity contribution is 7.25. The molecule has 0 fully saturated rings. The fraction of sp³-hybridized carbons (Fsp3) is 0. The highest BCUT2D eigenvalue weighted by Gasteiger charge is 2.17. The third-order valence-corrected chi connectivity index (χ3v) is 12.0. The number of hydrogen-bond donors (Lipinski definition) is 0. The number of benzene rings is 9. The van der Waals surface area contributed by atoms with Gasteiger partial charge in [0.25, 0.3) is 0 Å². The molecule has 0 spiro atoms. The van der Waals surface area contributed by atoms with Crippen LogP contribution in [0.25, 0.3) is 86.3 Å². The number of fused-ring (bicyclic) bond motifs is 8. The molecule has 11 aromatic rings. The minimum Gasteiger partial charge on any atom is -0.456 e. The minimum absolute atomic E-state index is 0.918. The quantitative estimate of drug-likeness (QED) is 0.170. The molecule has 0 amide bonds. The van der Waals surface area contributed by atoms with Crippen molar-refractivity contribution < 1.29 is 4.42 Å². The van der Waals surface area contributed by atoms with Gasteiger partial charge in [-0.2, -0.15) is 0 Å². The molecule has 55 heavy (non-hydrogen) atoms. The van der Waals surface area contributed by atoms with E-state index < -0.39 is 0 Å². The van der Waals surface area contributed by atoms with E-state index in [-0.39, 0.29) is 0 Å². The van der Waals surface area contributed by atoms with Crippen LogP contribution in [0.3, 0.4) is 0 Å². The summed E-state index contributed by atoms with van der Waals surface area (Å²) in [6, 6.07) is 72.1. The second-order valence-corrected chi connectivity index (χ2v) is 15.1. The summed E-state index contributed by atoms with van der Waals surface area (Å²) >= 11 is 1.86. The summed E-state index contributed by atoms with van der Waals surface area (Å²) in [6.45, 7) is 0. The van der Waals surface area contributed by atoms with E-state index in [1.165, 1.54) is 69.7 Å². The molecular formula is C52H33NOS. The first-order valence-corrected chi connectivity index (χ1v) is 19.5. The Bertz CT molecular complexity index is 3170. The van der Waals surface area contributed by atoms with Gasteiger partial charge >= 0.3 is 0 Å². The number of thiophene rings is 1. The summed E-state index contributed by atoms with van der Waals surface area (Å²) in [5.74, 6) is 0. The van der Waals surface area contributed by atoms with Crippen molar-refractivity contribution in [2.24, 2.45) is 0 Å². The number of furan rings is 1. The highest BCUT2D eigenvalue weighted by atomic mass is 32.1. The van der Waals surface area contributed by atoms with Gasteiger partial charge in [-0.05, 0) is 105 Å². The monoisotopic (exact) mass is 719 g/mol. The largest absolute Gasteiger partial charge is 0.456 e. The fourth-order valence-electron chi connectivity index (χ4n) is 8.31. The second-order valence-electron chi connectivity index (χ2n) is 14.1. The van der Waals surface area contributed by atoms with Crippen molar-refractivity contribution in [2.75, 3.05) is 4.90 Å². The van der Waals surface area contributed by atoms with Crippen LogP contribution in [0, 0.1) is 0 Å². The van der Waals surface area contributed by atoms with Crippen molar-refractivity contribution in [1.29, 1.82) is 0 Å². The summed E-state index contributed by atoms with van der Waals surface area (Å²) < 4.78 is 8.86. The van der Waals surface area contributed by atoms with Crippen molar-refractivity contribution in [3.8, 4) is 33.4 Å². The molecule has 2 nitrogen and oxygen atoms in total. The molecule has 0 saturated carbocycles. The predicted octanol–water partition coefficient (Wildman–Crippen LogP) is 15.6. The van der Waals surface area contributed by atoms with E-state index in [1.54, 1.807) is 0 Å². The second kappa shape index (κ2) is 12.9. The lowest BCUT2D eigenvalue weighted by atomic mass is 9.95. The van der Waals surface area contributed by atoms with Crippen molar-refractivity contribution in [3.63, 3.8) is 0 Å². The van der Waals surface area contributed by atoms with Crippen LogP contribution >= 0.6 is 11.3 Å². The average Bonchev–Trinajstić information content (AvgIpc) is 3.84. The van der Waals surface area contributed by atoms with E-state index in [4.69, 9.17) is 4.42 Å². The molecule has 0 aliphatic rings. The summed E-state index contributed by atoms with van der Waals surface area (Å²) in [7, 11) is 0. The number of para-hydroxylation sites is 1. The zero-order valence-electron chi connectivity index (χ0n) is 29.8. The number of nitrogens with zero attached hydrogens (tertiary/aromatic N) is 1. The summed E-state index contributed by atoms with van der Waals surface area (Å²) in [6.07, 6.45) is 0. The first-order chi connectivity index (χ1) is 27.3. The third-order valence-electron chi connectivity index (χ3n) is 10.9. The first kappa shape index (κ1) is 31.6. The molecule has 2 heterocycles. The van der Waals surface area contributed by atoms with Gasteiger partial charge in [0.1, 0.15) is 11.2 Å². The molecule has 2 aromatic heterocycles. The summed E-state index contributed by atoms with van der Waals surface area (Å²) in [5, 5.41) is 7.38. The number of hydrogen-bond acceptors (Lipinski definition) is 3. The van der Waals surface area contributed by atoms with Crippen LogP contribution in [0.1, 0.15) is 0 Å². The molecule has 9 aromatic carbocycles. The zero-order chi connectivity index (χ0) is 36.3. The maximum absolute atomic E-state index is 6.22. The van der Waals surface area contributed by atoms with Gasteiger partial charge in [0.2, 0.25) is 0 Å². The van der Waals surface area contributed by atoms with Crippen LogP contribution in [-0.4, -0.2) is 0 Å². The molecule has 11 rings (SSSR count). The molecular weight excluding hydrogens is 687 g/mol. The normalized spacial score (nSPS) is 11.6. The van der Waals surface area contributed by atoms with Gasteiger partial charge in [0.15, 0.2) is 0 Å². The standard InChI is InChI=1S/C52H33NOS/c1-2-10-34(11-3-1)35-20-26-38(27-21-35)53(40-30-24-37(25-31-40)42-15-9-19-50-52(42)46-13-5-7-18-49(46)55-50)39-28-22-36(23-29-39)41-14-8-16-44-43(41)32-33-48-51(44)45-12-4-6-17-47(45)54-48/h1-33H. The Hall–Kier alpha value is -6.94. The van der Waals surface area contributed by atoms with Crippen molar-refractivity contribution >= 4 is 81.3 Å². The van der Waals surface area contributed by atoms with E-state index in [0.717, 1.165) is 33.6 Å². The SMILES string of the molecule is c1ccc(-c2ccc(N(c3ccc(-c4cccc5c4ccc4oc6ccccc6c45)cc3)c3ccc(-c4cccc5sc6ccccc6c45)cc3)cc2)cc1. The summed E-state index contributed by atoms with van der Waals surface area (Å²) in [4.78, 5) is 2.35. The maximum atomic E-state index is 6.22. The van der Waals surface area contributed by atoms with Crippen molar-refractivity contribution in [2.45, 2.75) is 0 Å². The van der Waals surface area contributed by atoms with E-state index >= 15 is 0 Å². The molecule has 0 N–H and O–H groups in total. The third kappa shape index (κ3) is 5.32. The van der Waals surface area contributed by atoms with Gasteiger partial charge in [0, 0.05) is 48.0 Å². The zero-order valence-corrected chi connectivity index (χ0v) is 30.6. The van der Waals surface area contributed by atoms with Crippen LogP contribution in [-0.2, 0) is 0 Å². The fourth-order valence-corrected chi connectivity index (χ4v) is 9.44. The molecule has 258 valence electrons. The summed E-state index contributed by atoms with van der Waals surface area (Å²) in [5.41, 5.74) is 12.4. The number of anilines is 3. The molecule has 0 aliphatic heterocycles. The van der Waals surface area contributed by atoms with Crippen LogP contribution in [0.5, 0.6) is 0 Å². The topological polar surface area (TPSA) is 16.4 Å². The van der Waals surface area contributed by atoms with Crippen molar-refractivity contribution in [1.82, 2.24) is 0 Å². The average molecular weight is 720 g/mol. The minimum atomic E-state index is 0.918. The van der Waals surface area contributed by atoms with E-state index in [2.05, 4.69) is 193 Å². The van der Waals surface area contributed by atoms with Gasteiger partial charge in [0.05, 0.1) is 0 Å².